The van der Waals surface area contributed by atoms with Gasteiger partial charge in [0.15, 0.2) is 0 Å². The monoisotopic (exact) mass is 441 g/mol. The lowest BCUT2D eigenvalue weighted by atomic mass is 9.86. The smallest absolute Gasteiger partial charge is 0.224 e. The number of carbonyl (C=O) groups excluding carboxylic acids is 1. The summed E-state index contributed by atoms with van der Waals surface area (Å²) in [5.41, 5.74) is 3.14. The molecule has 1 unspecified atom stereocenters. The van der Waals surface area contributed by atoms with Gasteiger partial charge in [-0.2, -0.15) is 0 Å². The number of amides is 1. The maximum Gasteiger partial charge on any atom is 0.224 e. The lowest BCUT2D eigenvalue weighted by Crippen LogP contribution is -2.34. The summed E-state index contributed by atoms with van der Waals surface area (Å²) in [6, 6.07) is -0.498. The molecule has 6 heteroatoms. The zero-order valence-electron chi connectivity index (χ0n) is 19.2. The molecule has 0 radical (unpaired) electrons. The Hall–Kier alpha value is -2.44. The molecule has 2 rings (SSSR count). The van der Waals surface area contributed by atoms with Crippen molar-refractivity contribution in [2.75, 3.05) is 13.2 Å². The summed E-state index contributed by atoms with van der Waals surface area (Å²) in [5.74, 6) is 1.20. The van der Waals surface area contributed by atoms with E-state index in [9.17, 15) is 15.0 Å². The van der Waals surface area contributed by atoms with Crippen LogP contribution < -0.4 is 10.6 Å². The van der Waals surface area contributed by atoms with E-state index in [0.29, 0.717) is 24.6 Å². The van der Waals surface area contributed by atoms with Crippen LogP contribution >= 0.6 is 0 Å². The Morgan fingerprint density at radius 2 is 2.06 bits per heavy atom. The summed E-state index contributed by atoms with van der Waals surface area (Å²) in [7, 11) is 0. The number of aliphatic hydroxyl groups excluding tert-OH is 2. The van der Waals surface area contributed by atoms with Crippen LogP contribution in [0, 0.1) is 5.92 Å². The zero-order valence-corrected chi connectivity index (χ0v) is 19.2. The molecule has 176 valence electrons. The molecule has 0 bridgehead atoms. The maximum atomic E-state index is 12.6. The van der Waals surface area contributed by atoms with Crippen LogP contribution in [0.15, 0.2) is 64.6 Å². The summed E-state index contributed by atoms with van der Waals surface area (Å²) < 4.78 is 0. The highest BCUT2D eigenvalue weighted by atomic mass is 16.3. The minimum absolute atomic E-state index is 0.0394. The minimum Gasteiger partial charge on any atom is -0.394 e. The molecular weight excluding hydrogens is 402 g/mol. The number of allylic oxidation sites excluding steroid dienone is 7. The fourth-order valence-electron chi connectivity index (χ4n) is 4.08. The average Bonchev–Trinajstić information content (AvgIpc) is 2.79. The van der Waals surface area contributed by atoms with Crippen LogP contribution in [0.2, 0.25) is 0 Å². The molecule has 2 aliphatic carbocycles. The van der Waals surface area contributed by atoms with Gasteiger partial charge in [-0.25, -0.2) is 4.99 Å². The number of nitrogens with one attached hydrogen (secondary N) is 2. The van der Waals surface area contributed by atoms with E-state index in [2.05, 4.69) is 28.9 Å². The Labute approximate surface area is 192 Å². The van der Waals surface area contributed by atoms with E-state index in [-0.39, 0.29) is 19.1 Å². The van der Waals surface area contributed by atoms with Crippen molar-refractivity contribution >= 4 is 12.6 Å². The molecule has 0 heterocycles. The molecule has 0 aliphatic heterocycles. The van der Waals surface area contributed by atoms with Crippen molar-refractivity contribution in [2.45, 2.75) is 70.3 Å². The number of rotatable bonds is 11. The standard InChI is InChI=1S/C26H39N3O3/c1-20-8-3-4-9-21(15-14-20)10-7-13-26(32)29-24-12-6-5-11-22(24)16-17-25(27-2)28-23(18-30)19-31/h5-6,12,16-17,21,23,28,30-31H,1-4,7-11,13-15,18-19H2,(H,29,32)/b22-16+,25-17+. The SMILES string of the molecule is C=N/C(=C\C=C1/CC=CC=C1NC(=O)CCCC1CCCCC(=C)CC1)NC(CO)CO. The van der Waals surface area contributed by atoms with Crippen LogP contribution in [-0.4, -0.2) is 42.1 Å². The number of hydrogen-bond donors (Lipinski definition) is 4. The third kappa shape index (κ3) is 9.37. The lowest BCUT2D eigenvalue weighted by molar-refractivity contribution is -0.120. The molecule has 1 saturated carbocycles. The van der Waals surface area contributed by atoms with Gasteiger partial charge in [0.05, 0.1) is 19.3 Å². The molecule has 0 aromatic carbocycles. The van der Waals surface area contributed by atoms with E-state index in [1.54, 1.807) is 6.08 Å². The van der Waals surface area contributed by atoms with Gasteiger partial charge in [0.1, 0.15) is 5.82 Å². The van der Waals surface area contributed by atoms with Gasteiger partial charge in [-0.15, -0.1) is 0 Å². The van der Waals surface area contributed by atoms with Gasteiger partial charge >= 0.3 is 0 Å². The predicted molar refractivity (Wildman–Crippen MR) is 131 cm³/mol. The predicted octanol–water partition coefficient (Wildman–Crippen LogP) is 4.05. The Kier molecular flexibility index (Phi) is 11.8. The van der Waals surface area contributed by atoms with Gasteiger partial charge in [0.2, 0.25) is 5.91 Å². The first-order chi connectivity index (χ1) is 15.5. The quantitative estimate of drug-likeness (QED) is 0.287. The molecule has 0 spiro atoms. The molecule has 32 heavy (non-hydrogen) atoms. The highest BCUT2D eigenvalue weighted by molar-refractivity contribution is 5.79. The molecule has 0 saturated heterocycles. The lowest BCUT2D eigenvalue weighted by Gasteiger charge is -2.20. The first kappa shape index (κ1) is 25.8. The van der Waals surface area contributed by atoms with Gasteiger partial charge in [0.25, 0.3) is 0 Å². The van der Waals surface area contributed by atoms with E-state index in [1.807, 2.05) is 24.3 Å². The normalized spacial score (nSPS) is 21.2. The molecule has 1 amide bonds. The van der Waals surface area contributed by atoms with Crippen molar-refractivity contribution in [1.82, 2.24) is 10.6 Å². The molecule has 2 aliphatic rings. The zero-order chi connectivity index (χ0) is 23.2. The average molecular weight is 442 g/mol. The Bertz CT molecular complexity index is 760. The van der Waals surface area contributed by atoms with Gasteiger partial charge in [-0.3, -0.25) is 4.79 Å². The number of aliphatic imine (C=N–C) groups is 1. The van der Waals surface area contributed by atoms with Crippen LogP contribution in [0.3, 0.4) is 0 Å². The van der Waals surface area contributed by atoms with Crippen molar-refractivity contribution in [3.05, 3.63) is 59.6 Å². The second-order valence-electron chi connectivity index (χ2n) is 8.66. The van der Waals surface area contributed by atoms with E-state index < -0.39 is 6.04 Å². The fourth-order valence-corrected chi connectivity index (χ4v) is 4.08. The third-order valence-electron chi connectivity index (χ3n) is 6.08. The van der Waals surface area contributed by atoms with E-state index in [4.69, 9.17) is 0 Å². The number of nitrogens with zero attached hydrogens (tertiary/aromatic N) is 1. The second-order valence-corrected chi connectivity index (χ2v) is 8.66. The molecular formula is C26H39N3O3. The van der Waals surface area contributed by atoms with Crippen molar-refractivity contribution in [3.8, 4) is 0 Å². The van der Waals surface area contributed by atoms with Crippen molar-refractivity contribution in [1.29, 1.82) is 0 Å². The first-order valence-electron chi connectivity index (χ1n) is 11.7. The van der Waals surface area contributed by atoms with Gasteiger partial charge in [-0.1, -0.05) is 43.2 Å². The van der Waals surface area contributed by atoms with Crippen LogP contribution in [0.1, 0.15) is 64.2 Å². The fraction of sp³-hybridized carbons (Fsp3) is 0.538. The van der Waals surface area contributed by atoms with Gasteiger partial charge in [0, 0.05) is 12.1 Å². The molecule has 6 nitrogen and oxygen atoms in total. The Morgan fingerprint density at radius 1 is 1.25 bits per heavy atom. The molecule has 4 N–H and O–H groups in total. The van der Waals surface area contributed by atoms with E-state index >= 15 is 0 Å². The molecule has 1 fully saturated rings. The van der Waals surface area contributed by atoms with Gasteiger partial charge in [-0.05, 0) is 75.3 Å². The largest absolute Gasteiger partial charge is 0.394 e. The summed E-state index contributed by atoms with van der Waals surface area (Å²) in [5, 5.41) is 24.4. The van der Waals surface area contributed by atoms with Crippen molar-refractivity contribution < 1.29 is 15.0 Å². The highest BCUT2D eigenvalue weighted by Gasteiger charge is 2.15. The molecule has 0 aromatic heterocycles. The Balaban J connectivity index is 1.87. The summed E-state index contributed by atoms with van der Waals surface area (Å²) >= 11 is 0. The van der Waals surface area contributed by atoms with E-state index in [0.717, 1.165) is 30.5 Å². The summed E-state index contributed by atoms with van der Waals surface area (Å²) in [6.07, 6.45) is 20.0. The topological polar surface area (TPSA) is 94.0 Å². The number of hydrogen-bond acceptors (Lipinski definition) is 5. The minimum atomic E-state index is -0.498. The third-order valence-corrected chi connectivity index (χ3v) is 6.08. The van der Waals surface area contributed by atoms with Crippen LogP contribution in [0.4, 0.5) is 0 Å². The van der Waals surface area contributed by atoms with Crippen molar-refractivity contribution in [3.63, 3.8) is 0 Å². The van der Waals surface area contributed by atoms with Gasteiger partial charge < -0.3 is 20.8 Å². The second kappa shape index (κ2) is 14.6. The maximum absolute atomic E-state index is 12.6. The number of carbonyl (C=O) groups is 1. The van der Waals surface area contributed by atoms with E-state index in [1.165, 1.54) is 37.7 Å². The van der Waals surface area contributed by atoms with Crippen LogP contribution in [0.5, 0.6) is 0 Å². The van der Waals surface area contributed by atoms with Crippen LogP contribution in [-0.2, 0) is 4.79 Å². The molecule has 1 atom stereocenters. The molecule has 0 aromatic rings. The first-order valence-corrected chi connectivity index (χ1v) is 11.7. The Morgan fingerprint density at radius 3 is 2.81 bits per heavy atom. The summed E-state index contributed by atoms with van der Waals surface area (Å²) in [6.45, 7) is 7.27. The van der Waals surface area contributed by atoms with Crippen molar-refractivity contribution in [2.24, 2.45) is 10.9 Å². The number of aliphatic hydroxyl groups is 2. The summed E-state index contributed by atoms with van der Waals surface area (Å²) in [4.78, 5) is 16.5. The van der Waals surface area contributed by atoms with Crippen LogP contribution in [0.25, 0.3) is 0 Å². The highest BCUT2D eigenvalue weighted by Crippen LogP contribution is 2.28.